The standard InChI is InChI=1S/C29H24F4N2O4/c1-36-26-9-17(24(32)15-28(26)38-3)5-7-21-14-22(35(34-21)23-12-19(30)11-20(31)13-23)8-6-18-10-27(37-2)29(39-4)16-25(18)33/h5-16H,1-4H3. The molecular formula is C29H24F4N2O4. The maximum absolute atomic E-state index is 14.7. The van der Waals surface area contributed by atoms with E-state index in [2.05, 4.69) is 5.10 Å². The molecule has 3 aromatic carbocycles. The Labute approximate surface area is 222 Å². The number of halogens is 4. The molecule has 0 radical (unpaired) electrons. The fourth-order valence-electron chi connectivity index (χ4n) is 3.83. The molecule has 202 valence electrons. The molecule has 4 rings (SSSR count). The van der Waals surface area contributed by atoms with Crippen molar-refractivity contribution in [1.29, 1.82) is 0 Å². The molecule has 1 aromatic heterocycles. The highest BCUT2D eigenvalue weighted by Gasteiger charge is 2.13. The van der Waals surface area contributed by atoms with Crippen LogP contribution in [0.2, 0.25) is 0 Å². The Balaban J connectivity index is 1.77. The Hall–Kier alpha value is -4.73. The second-order valence-electron chi connectivity index (χ2n) is 8.16. The minimum atomic E-state index is -0.800. The van der Waals surface area contributed by atoms with Gasteiger partial charge in [-0.3, -0.25) is 0 Å². The van der Waals surface area contributed by atoms with Crippen LogP contribution < -0.4 is 18.9 Å². The molecule has 1 heterocycles. The van der Waals surface area contributed by atoms with E-state index in [1.165, 1.54) is 81.7 Å². The lowest BCUT2D eigenvalue weighted by atomic mass is 10.1. The van der Waals surface area contributed by atoms with Crippen molar-refractivity contribution in [2.24, 2.45) is 0 Å². The monoisotopic (exact) mass is 540 g/mol. The van der Waals surface area contributed by atoms with Gasteiger partial charge in [0.2, 0.25) is 0 Å². The lowest BCUT2D eigenvalue weighted by Gasteiger charge is -2.09. The molecule has 0 saturated heterocycles. The molecule has 10 heteroatoms. The van der Waals surface area contributed by atoms with Gasteiger partial charge in [0, 0.05) is 29.3 Å². The average Bonchev–Trinajstić information content (AvgIpc) is 3.33. The molecule has 0 fully saturated rings. The Kier molecular flexibility index (Phi) is 8.24. The zero-order chi connectivity index (χ0) is 28.1. The SMILES string of the molecule is COc1cc(F)c(C=Cc2cc(C=Cc3cc(OC)c(OC)cc3F)n(-c3cc(F)cc(F)c3)n2)cc1OC. The van der Waals surface area contributed by atoms with E-state index in [1.54, 1.807) is 6.07 Å². The summed E-state index contributed by atoms with van der Waals surface area (Å²) in [6.45, 7) is 0. The van der Waals surface area contributed by atoms with Crippen LogP contribution in [-0.4, -0.2) is 38.2 Å². The summed E-state index contributed by atoms with van der Waals surface area (Å²) < 4.78 is 79.3. The van der Waals surface area contributed by atoms with Crippen LogP contribution in [0.1, 0.15) is 22.5 Å². The molecule has 39 heavy (non-hydrogen) atoms. The minimum Gasteiger partial charge on any atom is -0.493 e. The molecule has 0 aliphatic rings. The van der Waals surface area contributed by atoms with Crippen molar-refractivity contribution in [3.8, 4) is 28.7 Å². The highest BCUT2D eigenvalue weighted by molar-refractivity contribution is 5.74. The van der Waals surface area contributed by atoms with Gasteiger partial charge in [0.15, 0.2) is 23.0 Å². The molecule has 0 spiro atoms. The van der Waals surface area contributed by atoms with Gasteiger partial charge in [0.25, 0.3) is 0 Å². The summed E-state index contributed by atoms with van der Waals surface area (Å²) in [7, 11) is 5.66. The van der Waals surface area contributed by atoms with E-state index in [9.17, 15) is 17.6 Å². The van der Waals surface area contributed by atoms with Crippen LogP contribution in [0.3, 0.4) is 0 Å². The number of ether oxygens (including phenoxy) is 4. The van der Waals surface area contributed by atoms with E-state index in [-0.39, 0.29) is 28.3 Å². The van der Waals surface area contributed by atoms with E-state index < -0.39 is 23.3 Å². The first-order chi connectivity index (χ1) is 18.8. The lowest BCUT2D eigenvalue weighted by molar-refractivity contribution is 0.352. The van der Waals surface area contributed by atoms with Crippen LogP contribution in [0.5, 0.6) is 23.0 Å². The Morgan fingerprint density at radius 1 is 0.564 bits per heavy atom. The fourth-order valence-corrected chi connectivity index (χ4v) is 3.83. The van der Waals surface area contributed by atoms with Gasteiger partial charge in [-0.1, -0.05) is 0 Å². The Morgan fingerprint density at radius 3 is 1.51 bits per heavy atom. The van der Waals surface area contributed by atoms with Crippen LogP contribution in [0.25, 0.3) is 30.0 Å². The average molecular weight is 541 g/mol. The summed E-state index contributed by atoms with van der Waals surface area (Å²) in [6, 6.07) is 9.83. The quantitative estimate of drug-likeness (QED) is 0.219. The van der Waals surface area contributed by atoms with Crippen LogP contribution in [-0.2, 0) is 0 Å². The van der Waals surface area contributed by atoms with Crippen LogP contribution in [0.4, 0.5) is 17.6 Å². The topological polar surface area (TPSA) is 54.7 Å². The summed E-state index contributed by atoms with van der Waals surface area (Å²) in [5.74, 6) is -1.62. The molecule has 0 saturated carbocycles. The third kappa shape index (κ3) is 6.06. The maximum atomic E-state index is 14.7. The summed E-state index contributed by atoms with van der Waals surface area (Å²) in [5.41, 5.74) is 1.17. The summed E-state index contributed by atoms with van der Waals surface area (Å²) in [4.78, 5) is 0. The number of rotatable bonds is 9. The second-order valence-corrected chi connectivity index (χ2v) is 8.16. The van der Waals surface area contributed by atoms with E-state index in [4.69, 9.17) is 18.9 Å². The zero-order valence-corrected chi connectivity index (χ0v) is 21.5. The lowest BCUT2D eigenvalue weighted by Crippen LogP contribution is -2.01. The van der Waals surface area contributed by atoms with Gasteiger partial charge in [-0.25, -0.2) is 22.2 Å². The van der Waals surface area contributed by atoms with Gasteiger partial charge in [-0.2, -0.15) is 5.10 Å². The van der Waals surface area contributed by atoms with Crippen molar-refractivity contribution >= 4 is 24.3 Å². The van der Waals surface area contributed by atoms with Crippen LogP contribution >= 0.6 is 0 Å². The molecule has 0 atom stereocenters. The van der Waals surface area contributed by atoms with Gasteiger partial charge in [-0.15, -0.1) is 0 Å². The third-order valence-electron chi connectivity index (χ3n) is 5.72. The molecule has 0 aliphatic carbocycles. The molecule has 0 amide bonds. The van der Waals surface area contributed by atoms with Gasteiger partial charge >= 0.3 is 0 Å². The van der Waals surface area contributed by atoms with Crippen molar-refractivity contribution in [2.75, 3.05) is 28.4 Å². The second kappa shape index (κ2) is 11.8. The summed E-state index contributed by atoms with van der Waals surface area (Å²) in [5, 5.41) is 4.41. The smallest absolute Gasteiger partial charge is 0.163 e. The molecular weight excluding hydrogens is 516 g/mol. The zero-order valence-electron chi connectivity index (χ0n) is 21.5. The first kappa shape index (κ1) is 27.3. The van der Waals surface area contributed by atoms with Gasteiger partial charge < -0.3 is 18.9 Å². The highest BCUT2D eigenvalue weighted by Crippen LogP contribution is 2.32. The van der Waals surface area contributed by atoms with E-state index in [1.807, 2.05) is 0 Å². The number of hydrogen-bond acceptors (Lipinski definition) is 5. The predicted octanol–water partition coefficient (Wildman–Crippen LogP) is 6.80. The number of benzene rings is 3. The number of hydrogen-bond donors (Lipinski definition) is 0. The van der Waals surface area contributed by atoms with Crippen molar-refractivity contribution in [2.45, 2.75) is 0 Å². The molecule has 0 N–H and O–H groups in total. The van der Waals surface area contributed by atoms with Crippen LogP contribution in [0, 0.1) is 23.3 Å². The Morgan fingerprint density at radius 2 is 1.03 bits per heavy atom. The van der Waals surface area contributed by atoms with Crippen molar-refractivity contribution in [3.63, 3.8) is 0 Å². The molecule has 0 bridgehead atoms. The minimum absolute atomic E-state index is 0.0943. The van der Waals surface area contributed by atoms with Crippen molar-refractivity contribution in [3.05, 3.63) is 94.3 Å². The first-order valence-electron chi connectivity index (χ1n) is 11.5. The van der Waals surface area contributed by atoms with Gasteiger partial charge in [0.05, 0.1) is 45.5 Å². The Bertz CT molecular complexity index is 1540. The molecule has 0 aliphatic heterocycles. The number of methoxy groups -OCH3 is 4. The van der Waals surface area contributed by atoms with Crippen molar-refractivity contribution < 1.29 is 36.5 Å². The first-order valence-corrected chi connectivity index (χ1v) is 11.5. The predicted molar refractivity (Wildman–Crippen MR) is 140 cm³/mol. The summed E-state index contributed by atoms with van der Waals surface area (Å²) >= 11 is 0. The highest BCUT2D eigenvalue weighted by atomic mass is 19.1. The normalized spacial score (nSPS) is 11.4. The maximum Gasteiger partial charge on any atom is 0.163 e. The summed E-state index contributed by atoms with van der Waals surface area (Å²) in [6.07, 6.45) is 5.97. The molecule has 4 aromatic rings. The van der Waals surface area contributed by atoms with Crippen LogP contribution in [0.15, 0.2) is 48.5 Å². The number of nitrogens with zero attached hydrogens (tertiary/aromatic N) is 2. The number of aromatic nitrogens is 2. The fraction of sp³-hybridized carbons (Fsp3) is 0.138. The van der Waals surface area contributed by atoms with E-state index in [0.717, 1.165) is 18.2 Å². The van der Waals surface area contributed by atoms with Crippen molar-refractivity contribution in [1.82, 2.24) is 9.78 Å². The molecule has 0 unspecified atom stereocenters. The largest absolute Gasteiger partial charge is 0.493 e. The van der Waals surface area contributed by atoms with Gasteiger partial charge in [-0.05, 0) is 54.6 Å². The third-order valence-corrected chi connectivity index (χ3v) is 5.72. The van der Waals surface area contributed by atoms with E-state index in [0.29, 0.717) is 22.9 Å². The van der Waals surface area contributed by atoms with Gasteiger partial charge in [0.1, 0.15) is 23.3 Å². The molecule has 6 nitrogen and oxygen atoms in total. The van der Waals surface area contributed by atoms with E-state index >= 15 is 0 Å².